The van der Waals surface area contributed by atoms with Crippen LogP contribution in [0.2, 0.25) is 0 Å². The van der Waals surface area contributed by atoms with E-state index in [1.165, 1.54) is 77.5 Å². The van der Waals surface area contributed by atoms with Gasteiger partial charge in [0.25, 0.3) is 0 Å². The van der Waals surface area contributed by atoms with Gasteiger partial charge in [-0.05, 0) is 143 Å². The Bertz CT molecular complexity index is 4110. The van der Waals surface area contributed by atoms with Crippen molar-refractivity contribution >= 4 is 49.8 Å². The van der Waals surface area contributed by atoms with E-state index in [0.29, 0.717) is 0 Å². The van der Waals surface area contributed by atoms with Crippen molar-refractivity contribution in [3.05, 3.63) is 307 Å². The Morgan fingerprint density at radius 2 is 0.740 bits per heavy atom. The maximum absolute atomic E-state index is 6.30. The Hall–Kier alpha value is -9.50. The molecule has 342 valence electrons. The van der Waals surface area contributed by atoms with Crippen molar-refractivity contribution in [1.82, 2.24) is 0 Å². The molecule has 2 heteroatoms. The molecule has 14 rings (SSSR count). The molecule has 0 atom stereocenters. The Kier molecular flexibility index (Phi) is 10.1. The molecule has 12 aromatic carbocycles. The molecule has 0 fully saturated rings. The Morgan fingerprint density at radius 1 is 0.288 bits per heavy atom. The minimum atomic E-state index is -0.463. The minimum Gasteiger partial charge on any atom is -0.456 e. The number of hydrogen-bond acceptors (Lipinski definition) is 2. The predicted molar refractivity (Wildman–Crippen MR) is 305 cm³/mol. The van der Waals surface area contributed by atoms with Gasteiger partial charge in [0.15, 0.2) is 0 Å². The summed E-state index contributed by atoms with van der Waals surface area (Å²) < 4.78 is 6.30. The van der Waals surface area contributed by atoms with Gasteiger partial charge in [0.2, 0.25) is 0 Å². The van der Waals surface area contributed by atoms with Crippen LogP contribution in [-0.4, -0.2) is 0 Å². The lowest BCUT2D eigenvalue weighted by atomic mass is 9.67. The average Bonchev–Trinajstić information content (AvgIpc) is 4.01. The molecule has 73 heavy (non-hydrogen) atoms. The highest BCUT2D eigenvalue weighted by molar-refractivity contribution is 6.12. The number of nitrogens with zero attached hydrogens (tertiary/aromatic N) is 1. The van der Waals surface area contributed by atoms with Crippen molar-refractivity contribution in [2.45, 2.75) is 5.41 Å². The average molecular weight is 930 g/mol. The molecule has 0 bridgehead atoms. The lowest BCUT2D eigenvalue weighted by Gasteiger charge is -2.34. The smallest absolute Gasteiger partial charge is 0.136 e. The molecule has 13 aromatic rings. The van der Waals surface area contributed by atoms with E-state index in [0.717, 1.165) is 50.1 Å². The summed E-state index contributed by atoms with van der Waals surface area (Å²) in [4.78, 5) is 2.37. The van der Waals surface area contributed by atoms with Gasteiger partial charge in [0, 0.05) is 27.8 Å². The minimum absolute atomic E-state index is 0.463. The highest BCUT2D eigenvalue weighted by Gasteiger charge is 2.46. The maximum Gasteiger partial charge on any atom is 0.136 e. The summed E-state index contributed by atoms with van der Waals surface area (Å²) in [5.41, 5.74) is 21.7. The number of furan rings is 1. The van der Waals surface area contributed by atoms with Crippen molar-refractivity contribution < 1.29 is 4.42 Å². The zero-order chi connectivity index (χ0) is 48.3. The van der Waals surface area contributed by atoms with Crippen LogP contribution >= 0.6 is 0 Å². The first-order valence-corrected chi connectivity index (χ1v) is 25.1. The van der Waals surface area contributed by atoms with Crippen LogP contribution in [0.3, 0.4) is 0 Å². The van der Waals surface area contributed by atoms with Gasteiger partial charge in [-0.2, -0.15) is 0 Å². The second-order valence-corrected chi connectivity index (χ2v) is 19.1. The van der Waals surface area contributed by atoms with Crippen LogP contribution < -0.4 is 4.90 Å². The highest BCUT2D eigenvalue weighted by Crippen LogP contribution is 2.58. The topological polar surface area (TPSA) is 16.4 Å². The Morgan fingerprint density at radius 3 is 1.41 bits per heavy atom. The van der Waals surface area contributed by atoms with Gasteiger partial charge in [-0.25, -0.2) is 0 Å². The van der Waals surface area contributed by atoms with Gasteiger partial charge in [0.1, 0.15) is 11.2 Å². The molecular formula is C71H47NO. The standard InChI is InChI=1S/C71H47NO/c1-3-17-56(18-4-1)71(57-19-5-2-6-20-57)65-25-11-9-21-63(65)69-61(23-13-26-66(69)71)52-37-43-59(44-38-52)72(60-45-39-53(40-46-60)62-24-14-28-68-70(62)64-22-10-12-27-67(64)73-68)58-41-35-50(36-42-58)49-29-31-51(32-30-49)55-34-33-48-15-7-8-16-54(48)47-55/h1-47H. The zero-order valence-electron chi connectivity index (χ0n) is 40.0. The molecule has 0 N–H and O–H groups in total. The summed E-state index contributed by atoms with van der Waals surface area (Å²) in [6, 6.07) is 104. The van der Waals surface area contributed by atoms with E-state index >= 15 is 0 Å². The summed E-state index contributed by atoms with van der Waals surface area (Å²) in [5.74, 6) is 0. The van der Waals surface area contributed by atoms with Crippen LogP contribution in [0, 0.1) is 0 Å². The van der Waals surface area contributed by atoms with Crippen LogP contribution in [0.5, 0.6) is 0 Å². The molecule has 0 saturated heterocycles. The molecule has 1 aliphatic rings. The van der Waals surface area contributed by atoms with Crippen LogP contribution in [0.1, 0.15) is 22.3 Å². The molecule has 1 heterocycles. The molecule has 0 unspecified atom stereocenters. The van der Waals surface area contributed by atoms with Crippen molar-refractivity contribution in [3.8, 4) is 55.6 Å². The number of fused-ring (bicyclic) bond motifs is 7. The van der Waals surface area contributed by atoms with Crippen molar-refractivity contribution in [2.75, 3.05) is 4.90 Å². The predicted octanol–water partition coefficient (Wildman–Crippen LogP) is 19.2. The van der Waals surface area contributed by atoms with Crippen LogP contribution in [-0.2, 0) is 5.41 Å². The van der Waals surface area contributed by atoms with E-state index in [-0.39, 0.29) is 0 Å². The molecule has 0 aliphatic heterocycles. The molecule has 0 amide bonds. The van der Waals surface area contributed by atoms with Crippen LogP contribution in [0.15, 0.2) is 290 Å². The summed E-state index contributed by atoms with van der Waals surface area (Å²) in [6.07, 6.45) is 0. The van der Waals surface area contributed by atoms with Gasteiger partial charge in [-0.3, -0.25) is 0 Å². The fraction of sp³-hybridized carbons (Fsp3) is 0.0141. The maximum atomic E-state index is 6.30. The number of para-hydroxylation sites is 1. The van der Waals surface area contributed by atoms with E-state index in [2.05, 4.69) is 278 Å². The monoisotopic (exact) mass is 929 g/mol. The van der Waals surface area contributed by atoms with Gasteiger partial charge >= 0.3 is 0 Å². The largest absolute Gasteiger partial charge is 0.456 e. The molecule has 0 radical (unpaired) electrons. The third-order valence-electron chi connectivity index (χ3n) is 15.2. The first kappa shape index (κ1) is 42.4. The SMILES string of the molecule is c1ccc(C2(c3ccccc3)c3ccccc3-c3c(-c4ccc(N(c5ccc(-c6ccc(-c7ccc8ccccc8c7)cc6)cc5)c5ccc(-c6cccc7oc8ccccc8c67)cc5)cc4)cccc32)cc1. The van der Waals surface area contributed by atoms with Crippen LogP contribution in [0.25, 0.3) is 88.3 Å². The second-order valence-electron chi connectivity index (χ2n) is 19.1. The lowest BCUT2D eigenvalue weighted by molar-refractivity contribution is 0.669. The summed E-state index contributed by atoms with van der Waals surface area (Å²) in [7, 11) is 0. The van der Waals surface area contributed by atoms with Gasteiger partial charge in [-0.15, -0.1) is 0 Å². The third-order valence-corrected chi connectivity index (χ3v) is 15.2. The van der Waals surface area contributed by atoms with Crippen molar-refractivity contribution in [1.29, 1.82) is 0 Å². The zero-order valence-corrected chi connectivity index (χ0v) is 40.0. The molecule has 0 spiro atoms. The van der Waals surface area contributed by atoms with Gasteiger partial charge in [-0.1, -0.05) is 231 Å². The molecule has 1 aliphatic carbocycles. The lowest BCUT2D eigenvalue weighted by Crippen LogP contribution is -2.28. The van der Waals surface area contributed by atoms with E-state index in [9.17, 15) is 0 Å². The number of anilines is 3. The third kappa shape index (κ3) is 7.02. The van der Waals surface area contributed by atoms with Crippen molar-refractivity contribution in [2.24, 2.45) is 0 Å². The van der Waals surface area contributed by atoms with Crippen molar-refractivity contribution in [3.63, 3.8) is 0 Å². The highest BCUT2D eigenvalue weighted by atomic mass is 16.3. The number of benzene rings is 12. The van der Waals surface area contributed by atoms with Gasteiger partial charge in [0.05, 0.1) is 5.41 Å². The fourth-order valence-corrected chi connectivity index (χ4v) is 11.8. The van der Waals surface area contributed by atoms with E-state index in [4.69, 9.17) is 4.42 Å². The molecule has 2 nitrogen and oxygen atoms in total. The molecule has 0 saturated carbocycles. The second kappa shape index (κ2) is 17.4. The first-order chi connectivity index (χ1) is 36.2. The molecule has 1 aromatic heterocycles. The van der Waals surface area contributed by atoms with Gasteiger partial charge < -0.3 is 9.32 Å². The summed E-state index contributed by atoms with van der Waals surface area (Å²) >= 11 is 0. The van der Waals surface area contributed by atoms with E-state index < -0.39 is 5.41 Å². The fourth-order valence-electron chi connectivity index (χ4n) is 11.8. The van der Waals surface area contributed by atoms with E-state index in [1.54, 1.807) is 0 Å². The summed E-state index contributed by atoms with van der Waals surface area (Å²) in [6.45, 7) is 0. The Balaban J connectivity index is 0.856. The van der Waals surface area contributed by atoms with E-state index in [1.807, 2.05) is 12.1 Å². The quantitative estimate of drug-likeness (QED) is 0.143. The normalized spacial score (nSPS) is 12.5. The first-order valence-electron chi connectivity index (χ1n) is 25.1. The van der Waals surface area contributed by atoms with Crippen LogP contribution in [0.4, 0.5) is 17.1 Å². The Labute approximate surface area is 425 Å². The molecular weight excluding hydrogens is 883 g/mol. The summed E-state index contributed by atoms with van der Waals surface area (Å²) in [5, 5.41) is 4.77. The number of hydrogen-bond donors (Lipinski definition) is 0. The number of rotatable bonds is 9.